The summed E-state index contributed by atoms with van der Waals surface area (Å²) in [6, 6.07) is 11.7. The number of imide groups is 1. The molecule has 160 valence electrons. The van der Waals surface area contributed by atoms with Crippen molar-refractivity contribution in [2.75, 3.05) is 33.4 Å². The van der Waals surface area contributed by atoms with Crippen LogP contribution >= 0.6 is 11.3 Å². The number of likely N-dealkylation sites (tertiary alicyclic amines) is 1. The maximum atomic E-state index is 13.6. The predicted molar refractivity (Wildman–Crippen MR) is 117 cm³/mol. The molecule has 0 unspecified atom stereocenters. The molecule has 0 radical (unpaired) electrons. The van der Waals surface area contributed by atoms with E-state index in [-0.39, 0.29) is 11.9 Å². The van der Waals surface area contributed by atoms with Crippen LogP contribution in [0.15, 0.2) is 47.2 Å². The zero-order valence-corrected chi connectivity index (χ0v) is 18.3. The number of hydrogen-bond donors (Lipinski definition) is 0. The highest BCUT2D eigenvalue weighted by atomic mass is 32.1. The van der Waals surface area contributed by atoms with Crippen LogP contribution in [0, 0.1) is 0 Å². The third kappa shape index (κ3) is 4.15. The fourth-order valence-corrected chi connectivity index (χ4v) is 5.23. The number of nitrogens with zero attached hydrogens (tertiary/aromatic N) is 3. The Labute approximate surface area is 182 Å². The molecule has 6 nitrogen and oxygen atoms in total. The van der Waals surface area contributed by atoms with Gasteiger partial charge in [-0.3, -0.25) is 14.6 Å². The minimum absolute atomic E-state index is 0.0380. The van der Waals surface area contributed by atoms with Crippen LogP contribution in [0.25, 0.3) is 0 Å². The Morgan fingerprint density at radius 2 is 1.80 bits per heavy atom. The Balaban J connectivity index is 1.51. The van der Waals surface area contributed by atoms with Gasteiger partial charge in [-0.2, -0.15) is 11.3 Å². The van der Waals surface area contributed by atoms with Crippen molar-refractivity contribution >= 4 is 23.3 Å². The predicted octanol–water partition coefficient (Wildman–Crippen LogP) is 3.58. The van der Waals surface area contributed by atoms with E-state index in [1.54, 1.807) is 18.4 Å². The number of rotatable bonds is 8. The van der Waals surface area contributed by atoms with Crippen molar-refractivity contribution in [3.63, 3.8) is 0 Å². The molecule has 2 aromatic rings. The molecule has 3 heterocycles. The molecule has 3 amide bonds. The van der Waals surface area contributed by atoms with Crippen LogP contribution in [0.2, 0.25) is 0 Å². The maximum absolute atomic E-state index is 13.6. The van der Waals surface area contributed by atoms with Crippen molar-refractivity contribution < 1.29 is 14.3 Å². The minimum Gasteiger partial charge on any atom is -0.385 e. The standard InChI is InChI=1S/C23H29N3O3S/c1-29-14-5-11-26-22(28)25(17-19-6-3-2-4-7-19)21(27)23(26)9-12-24(13-10-23)16-20-8-15-30-18-20/h2-4,6-8,15,18H,5,9-14,16-17H2,1H3. The van der Waals surface area contributed by atoms with Crippen molar-refractivity contribution in [2.45, 2.75) is 37.9 Å². The molecule has 2 fully saturated rings. The second-order valence-corrected chi connectivity index (χ2v) is 8.88. The number of ether oxygens (including phenoxy) is 1. The highest BCUT2D eigenvalue weighted by molar-refractivity contribution is 7.07. The third-order valence-electron chi connectivity index (χ3n) is 6.20. The van der Waals surface area contributed by atoms with Crippen LogP contribution in [0.3, 0.4) is 0 Å². The highest BCUT2D eigenvalue weighted by Crippen LogP contribution is 2.38. The summed E-state index contributed by atoms with van der Waals surface area (Å²) in [7, 11) is 1.66. The molecular formula is C23H29N3O3S. The topological polar surface area (TPSA) is 53.1 Å². The first-order chi connectivity index (χ1) is 14.6. The van der Waals surface area contributed by atoms with Crippen molar-refractivity contribution in [3.05, 3.63) is 58.3 Å². The molecule has 0 N–H and O–H groups in total. The fourth-order valence-electron chi connectivity index (χ4n) is 4.57. The van der Waals surface area contributed by atoms with Crippen molar-refractivity contribution in [1.82, 2.24) is 14.7 Å². The van der Waals surface area contributed by atoms with E-state index in [0.717, 1.165) is 31.6 Å². The normalized spacial score (nSPS) is 19.2. The summed E-state index contributed by atoms with van der Waals surface area (Å²) in [6.45, 7) is 3.99. The van der Waals surface area contributed by atoms with Gasteiger partial charge in [0.2, 0.25) is 0 Å². The van der Waals surface area contributed by atoms with Gasteiger partial charge < -0.3 is 9.64 Å². The average molecular weight is 428 g/mol. The van der Waals surface area contributed by atoms with Crippen LogP contribution in [-0.2, 0) is 22.6 Å². The van der Waals surface area contributed by atoms with Gasteiger partial charge >= 0.3 is 6.03 Å². The summed E-state index contributed by atoms with van der Waals surface area (Å²) < 4.78 is 5.19. The molecule has 7 heteroatoms. The van der Waals surface area contributed by atoms with Crippen molar-refractivity contribution in [3.8, 4) is 0 Å². The number of amides is 3. The molecule has 0 aliphatic carbocycles. The summed E-state index contributed by atoms with van der Waals surface area (Å²) in [5.41, 5.74) is 1.57. The summed E-state index contributed by atoms with van der Waals surface area (Å²) in [6.07, 6.45) is 2.09. The first kappa shape index (κ1) is 21.0. The van der Waals surface area contributed by atoms with Crippen molar-refractivity contribution in [2.24, 2.45) is 0 Å². The molecule has 1 aromatic carbocycles. The number of benzene rings is 1. The zero-order valence-electron chi connectivity index (χ0n) is 17.5. The second kappa shape index (κ2) is 9.29. The Bertz CT molecular complexity index is 848. The maximum Gasteiger partial charge on any atom is 0.327 e. The first-order valence-electron chi connectivity index (χ1n) is 10.5. The van der Waals surface area contributed by atoms with Gasteiger partial charge in [-0.25, -0.2) is 4.79 Å². The van der Waals surface area contributed by atoms with Crippen LogP contribution in [-0.4, -0.2) is 65.5 Å². The first-order valence-corrected chi connectivity index (χ1v) is 11.5. The molecule has 0 bridgehead atoms. The molecule has 2 aliphatic rings. The van der Waals surface area contributed by atoms with Gasteiger partial charge in [-0.1, -0.05) is 30.3 Å². The molecule has 2 saturated heterocycles. The van der Waals surface area contributed by atoms with E-state index < -0.39 is 5.54 Å². The summed E-state index contributed by atoms with van der Waals surface area (Å²) >= 11 is 1.71. The lowest BCUT2D eigenvalue weighted by Gasteiger charge is -2.42. The van der Waals surface area contributed by atoms with Crippen LogP contribution in [0.1, 0.15) is 30.4 Å². The number of methoxy groups -OCH3 is 1. The minimum atomic E-state index is -0.718. The molecule has 0 atom stereocenters. The second-order valence-electron chi connectivity index (χ2n) is 8.10. The summed E-state index contributed by atoms with van der Waals surface area (Å²) in [5.74, 6) is -0.0380. The quantitative estimate of drug-likeness (QED) is 0.477. The number of hydrogen-bond acceptors (Lipinski definition) is 5. The molecule has 1 spiro atoms. The summed E-state index contributed by atoms with van der Waals surface area (Å²) in [4.78, 5) is 32.6. The van der Waals surface area contributed by atoms with Gasteiger partial charge in [0.05, 0.1) is 6.54 Å². The lowest BCUT2D eigenvalue weighted by Crippen LogP contribution is -2.56. The Hall–Kier alpha value is -2.22. The van der Waals surface area contributed by atoms with E-state index in [4.69, 9.17) is 4.74 Å². The van der Waals surface area contributed by atoms with E-state index in [9.17, 15) is 9.59 Å². The molecule has 1 aromatic heterocycles. The smallest absolute Gasteiger partial charge is 0.327 e. The van der Waals surface area contributed by atoms with E-state index in [2.05, 4.69) is 21.7 Å². The number of carbonyl (C=O) groups excluding carboxylic acids is 2. The Morgan fingerprint density at radius 1 is 1.03 bits per heavy atom. The third-order valence-corrected chi connectivity index (χ3v) is 6.94. The van der Waals surface area contributed by atoms with Gasteiger partial charge in [0.1, 0.15) is 5.54 Å². The van der Waals surface area contributed by atoms with E-state index >= 15 is 0 Å². The van der Waals surface area contributed by atoms with Gasteiger partial charge in [0, 0.05) is 39.9 Å². The summed E-state index contributed by atoms with van der Waals surface area (Å²) in [5, 5.41) is 4.27. The molecule has 30 heavy (non-hydrogen) atoms. The van der Waals surface area contributed by atoms with Crippen LogP contribution in [0.5, 0.6) is 0 Å². The lowest BCUT2D eigenvalue weighted by molar-refractivity contribution is -0.136. The van der Waals surface area contributed by atoms with E-state index in [1.165, 1.54) is 10.5 Å². The van der Waals surface area contributed by atoms with Crippen molar-refractivity contribution in [1.29, 1.82) is 0 Å². The fraction of sp³-hybridized carbons (Fsp3) is 0.478. The number of thiophene rings is 1. The molecule has 2 aliphatic heterocycles. The van der Waals surface area contributed by atoms with E-state index in [1.807, 2.05) is 35.2 Å². The number of carbonyl (C=O) groups is 2. The largest absolute Gasteiger partial charge is 0.385 e. The van der Waals surface area contributed by atoms with Crippen LogP contribution < -0.4 is 0 Å². The van der Waals surface area contributed by atoms with Gasteiger partial charge in [0.15, 0.2) is 0 Å². The average Bonchev–Trinajstić information content (AvgIpc) is 3.34. The zero-order chi connectivity index (χ0) is 21.0. The Morgan fingerprint density at radius 3 is 2.47 bits per heavy atom. The van der Waals surface area contributed by atoms with Gasteiger partial charge in [-0.05, 0) is 47.2 Å². The Kier molecular flexibility index (Phi) is 6.51. The number of piperidine rings is 1. The van der Waals surface area contributed by atoms with Gasteiger partial charge in [-0.15, -0.1) is 0 Å². The molecule has 0 saturated carbocycles. The molecular weight excluding hydrogens is 398 g/mol. The number of urea groups is 1. The van der Waals surface area contributed by atoms with Gasteiger partial charge in [0.25, 0.3) is 5.91 Å². The molecule has 4 rings (SSSR count). The lowest BCUT2D eigenvalue weighted by atomic mass is 9.85. The SMILES string of the molecule is COCCCN1C(=O)N(Cc2ccccc2)C(=O)C12CCN(Cc1ccsc1)CC2. The highest BCUT2D eigenvalue weighted by Gasteiger charge is 2.57. The monoisotopic (exact) mass is 427 g/mol. The van der Waals surface area contributed by atoms with Crippen LogP contribution in [0.4, 0.5) is 4.79 Å². The van der Waals surface area contributed by atoms with E-state index in [0.29, 0.717) is 32.5 Å².